The molecule has 1 atom stereocenters. The van der Waals surface area contributed by atoms with E-state index in [9.17, 15) is 0 Å². The summed E-state index contributed by atoms with van der Waals surface area (Å²) in [6.07, 6.45) is 3.57. The van der Waals surface area contributed by atoms with E-state index in [-0.39, 0.29) is 5.38 Å². The average molecular weight is 372 g/mol. The second-order valence-corrected chi connectivity index (χ2v) is 6.63. The summed E-state index contributed by atoms with van der Waals surface area (Å²) >= 11 is 16.2. The Morgan fingerprint density at radius 2 is 1.80 bits per heavy atom. The van der Waals surface area contributed by atoms with Gasteiger partial charge in [0.15, 0.2) is 0 Å². The molecular formula is C17H17BrCl2. The van der Waals surface area contributed by atoms with E-state index in [0.29, 0.717) is 5.02 Å². The molecule has 0 bridgehead atoms. The Labute approximate surface area is 139 Å². The van der Waals surface area contributed by atoms with Crippen LogP contribution in [-0.4, -0.2) is 0 Å². The highest BCUT2D eigenvalue weighted by Crippen LogP contribution is 2.35. The van der Waals surface area contributed by atoms with Gasteiger partial charge < -0.3 is 0 Å². The van der Waals surface area contributed by atoms with Crippen molar-refractivity contribution in [2.24, 2.45) is 0 Å². The quantitative estimate of drug-likeness (QED) is 0.508. The van der Waals surface area contributed by atoms with Crippen molar-refractivity contribution in [3.8, 4) is 0 Å². The summed E-state index contributed by atoms with van der Waals surface area (Å²) in [5, 5.41) is 0.477. The molecule has 0 saturated carbocycles. The highest BCUT2D eigenvalue weighted by molar-refractivity contribution is 9.10. The van der Waals surface area contributed by atoms with Crippen LogP contribution in [0.15, 0.2) is 46.9 Å². The van der Waals surface area contributed by atoms with Crippen LogP contribution < -0.4 is 0 Å². The van der Waals surface area contributed by atoms with Crippen molar-refractivity contribution < 1.29 is 0 Å². The first-order valence-electron chi connectivity index (χ1n) is 6.79. The van der Waals surface area contributed by atoms with Gasteiger partial charge >= 0.3 is 0 Å². The molecule has 0 aliphatic heterocycles. The van der Waals surface area contributed by atoms with Crippen LogP contribution in [0.1, 0.15) is 41.8 Å². The summed E-state index contributed by atoms with van der Waals surface area (Å²) in [6.45, 7) is 2.21. The summed E-state index contributed by atoms with van der Waals surface area (Å²) < 4.78 is 0.963. The largest absolute Gasteiger partial charge is 0.113 e. The van der Waals surface area contributed by atoms with Crippen LogP contribution in [0, 0.1) is 0 Å². The highest BCUT2D eigenvalue weighted by Gasteiger charge is 2.14. The number of hydrogen-bond donors (Lipinski definition) is 0. The Morgan fingerprint density at radius 3 is 2.40 bits per heavy atom. The number of aryl methyl sites for hydroxylation is 1. The first-order valence-corrected chi connectivity index (χ1v) is 8.40. The molecule has 0 aliphatic carbocycles. The molecule has 3 heteroatoms. The smallest absolute Gasteiger partial charge is 0.0849 e. The molecule has 0 fully saturated rings. The monoisotopic (exact) mass is 370 g/mol. The highest BCUT2D eigenvalue weighted by atomic mass is 79.9. The van der Waals surface area contributed by atoms with Gasteiger partial charge in [0.2, 0.25) is 0 Å². The molecule has 0 aromatic heterocycles. The lowest BCUT2D eigenvalue weighted by Crippen LogP contribution is -1.95. The van der Waals surface area contributed by atoms with Crippen molar-refractivity contribution in [2.45, 2.75) is 31.6 Å². The molecule has 106 valence electrons. The molecule has 1 unspecified atom stereocenters. The van der Waals surface area contributed by atoms with Crippen LogP contribution >= 0.6 is 39.1 Å². The summed E-state index contributed by atoms with van der Waals surface area (Å²) in [5.74, 6) is 0. The van der Waals surface area contributed by atoms with Gasteiger partial charge in [-0.1, -0.05) is 71.2 Å². The lowest BCUT2D eigenvalue weighted by Gasteiger charge is -2.13. The minimum atomic E-state index is -0.212. The maximum absolute atomic E-state index is 6.55. The number of halogens is 3. The van der Waals surface area contributed by atoms with Crippen LogP contribution in [0.25, 0.3) is 0 Å². The lowest BCUT2D eigenvalue weighted by atomic mass is 10.0. The maximum Gasteiger partial charge on any atom is 0.0849 e. The van der Waals surface area contributed by atoms with Gasteiger partial charge in [-0.05, 0) is 41.7 Å². The Morgan fingerprint density at radius 1 is 1.10 bits per heavy atom. The Balaban J connectivity index is 2.18. The molecule has 2 aromatic carbocycles. The van der Waals surface area contributed by atoms with Crippen molar-refractivity contribution >= 4 is 39.1 Å². The van der Waals surface area contributed by atoms with Gasteiger partial charge in [-0.2, -0.15) is 0 Å². The average Bonchev–Trinajstić information content (AvgIpc) is 2.45. The zero-order valence-corrected chi connectivity index (χ0v) is 14.5. The topological polar surface area (TPSA) is 0 Å². The van der Waals surface area contributed by atoms with Gasteiger partial charge in [-0.3, -0.25) is 0 Å². The van der Waals surface area contributed by atoms with Crippen molar-refractivity contribution in [2.75, 3.05) is 0 Å². The van der Waals surface area contributed by atoms with Crippen LogP contribution in [0.5, 0.6) is 0 Å². The predicted molar refractivity (Wildman–Crippen MR) is 91.9 cm³/mol. The zero-order chi connectivity index (χ0) is 14.5. The van der Waals surface area contributed by atoms with E-state index in [0.717, 1.165) is 22.0 Å². The van der Waals surface area contributed by atoms with Gasteiger partial charge in [-0.25, -0.2) is 0 Å². The summed E-state index contributed by atoms with van der Waals surface area (Å²) in [4.78, 5) is 0. The van der Waals surface area contributed by atoms with E-state index in [1.165, 1.54) is 18.4 Å². The Hall–Kier alpha value is -0.500. The van der Waals surface area contributed by atoms with Crippen LogP contribution in [0.4, 0.5) is 0 Å². The summed E-state index contributed by atoms with van der Waals surface area (Å²) in [5.41, 5.74) is 3.38. The fourth-order valence-corrected chi connectivity index (χ4v) is 3.29. The van der Waals surface area contributed by atoms with E-state index in [1.54, 1.807) is 0 Å². The molecule has 0 amide bonds. The normalized spacial score (nSPS) is 12.4. The van der Waals surface area contributed by atoms with E-state index >= 15 is 0 Å². The van der Waals surface area contributed by atoms with Gasteiger partial charge in [-0.15, -0.1) is 11.6 Å². The fourth-order valence-electron chi connectivity index (χ4n) is 2.12. The Kier molecular flexibility index (Phi) is 5.95. The Bertz CT molecular complexity index is 564. The molecule has 20 heavy (non-hydrogen) atoms. The van der Waals surface area contributed by atoms with Crippen LogP contribution in [-0.2, 0) is 6.42 Å². The molecule has 0 radical (unpaired) electrons. The molecule has 0 heterocycles. The van der Waals surface area contributed by atoms with Crippen LogP contribution in [0.3, 0.4) is 0 Å². The first-order chi connectivity index (χ1) is 9.61. The minimum Gasteiger partial charge on any atom is -0.113 e. The third kappa shape index (κ3) is 4.00. The maximum atomic E-state index is 6.55. The molecule has 2 aromatic rings. The predicted octanol–water partition coefficient (Wildman–Crippen LogP) is 6.77. The standard InChI is InChI=1S/C17H17BrCl2/c1-2-3-4-12-5-7-13(8-6-12)17(20)15-10-9-14(18)11-16(15)19/h5-11,17H,2-4H2,1H3. The number of alkyl halides is 1. The minimum absolute atomic E-state index is 0.212. The SMILES string of the molecule is CCCCc1ccc(C(Cl)c2ccc(Br)cc2Cl)cc1. The molecule has 0 aliphatic rings. The molecule has 2 rings (SSSR count). The van der Waals surface area contributed by atoms with Crippen molar-refractivity contribution in [1.82, 2.24) is 0 Å². The van der Waals surface area contributed by atoms with Crippen LogP contribution in [0.2, 0.25) is 5.02 Å². The van der Waals surface area contributed by atoms with Gasteiger partial charge in [0.1, 0.15) is 0 Å². The first kappa shape index (κ1) is 15.9. The molecule has 0 spiro atoms. The zero-order valence-electron chi connectivity index (χ0n) is 11.4. The third-order valence-electron chi connectivity index (χ3n) is 3.33. The lowest BCUT2D eigenvalue weighted by molar-refractivity contribution is 0.794. The molecule has 0 N–H and O–H groups in total. The third-order valence-corrected chi connectivity index (χ3v) is 4.63. The van der Waals surface area contributed by atoms with Crippen molar-refractivity contribution in [1.29, 1.82) is 0 Å². The molecule has 0 saturated heterocycles. The van der Waals surface area contributed by atoms with E-state index in [1.807, 2.05) is 18.2 Å². The number of rotatable bonds is 5. The number of benzene rings is 2. The summed E-state index contributed by atoms with van der Waals surface area (Å²) in [7, 11) is 0. The van der Waals surface area contributed by atoms with E-state index in [2.05, 4.69) is 47.1 Å². The van der Waals surface area contributed by atoms with Gasteiger partial charge in [0.05, 0.1) is 5.38 Å². The van der Waals surface area contributed by atoms with Crippen molar-refractivity contribution in [3.05, 3.63) is 68.7 Å². The van der Waals surface area contributed by atoms with E-state index in [4.69, 9.17) is 23.2 Å². The van der Waals surface area contributed by atoms with Gasteiger partial charge in [0.25, 0.3) is 0 Å². The fraction of sp³-hybridized carbons (Fsp3) is 0.294. The van der Waals surface area contributed by atoms with E-state index < -0.39 is 0 Å². The summed E-state index contributed by atoms with van der Waals surface area (Å²) in [6, 6.07) is 14.3. The second kappa shape index (κ2) is 7.49. The molecule has 0 nitrogen and oxygen atoms in total. The van der Waals surface area contributed by atoms with Gasteiger partial charge in [0, 0.05) is 9.50 Å². The number of hydrogen-bond acceptors (Lipinski definition) is 0. The second-order valence-electron chi connectivity index (χ2n) is 4.87. The number of unbranched alkanes of at least 4 members (excludes halogenated alkanes) is 1. The van der Waals surface area contributed by atoms with Crippen molar-refractivity contribution in [3.63, 3.8) is 0 Å². The molecular weight excluding hydrogens is 355 g/mol.